The van der Waals surface area contributed by atoms with Crippen molar-refractivity contribution >= 4 is 5.69 Å². The van der Waals surface area contributed by atoms with Gasteiger partial charge in [-0.05, 0) is 38.8 Å². The van der Waals surface area contributed by atoms with Gasteiger partial charge in [-0.3, -0.25) is 4.68 Å². The molecule has 0 aliphatic heterocycles. The Hall–Kier alpha value is -1.77. The second-order valence-electron chi connectivity index (χ2n) is 4.81. The highest BCUT2D eigenvalue weighted by atomic mass is 15.3. The van der Waals surface area contributed by atoms with Crippen LogP contribution >= 0.6 is 0 Å². The summed E-state index contributed by atoms with van der Waals surface area (Å²) in [4.78, 5) is 0. The lowest BCUT2D eigenvalue weighted by Crippen LogP contribution is -2.07. The summed E-state index contributed by atoms with van der Waals surface area (Å²) >= 11 is 0. The summed E-state index contributed by atoms with van der Waals surface area (Å²) in [5.74, 6) is 0. The van der Waals surface area contributed by atoms with Crippen molar-refractivity contribution in [3.05, 3.63) is 47.3 Å². The minimum atomic E-state index is 0.292. The molecule has 2 aromatic rings. The number of benzene rings is 1. The van der Waals surface area contributed by atoms with E-state index in [1.807, 2.05) is 17.1 Å². The fourth-order valence-electron chi connectivity index (χ4n) is 2.25. The van der Waals surface area contributed by atoms with E-state index < -0.39 is 0 Å². The molecule has 0 aliphatic rings. The molecule has 0 spiro atoms. The Morgan fingerprint density at radius 3 is 2.72 bits per heavy atom. The lowest BCUT2D eigenvalue weighted by atomic mass is 10.0. The van der Waals surface area contributed by atoms with Crippen molar-refractivity contribution in [1.29, 1.82) is 0 Å². The number of aromatic nitrogens is 2. The van der Waals surface area contributed by atoms with Gasteiger partial charge in [0.05, 0.1) is 11.9 Å². The van der Waals surface area contributed by atoms with Crippen LogP contribution in [0.15, 0.2) is 30.6 Å². The van der Waals surface area contributed by atoms with E-state index in [1.165, 1.54) is 16.7 Å². The second-order valence-corrected chi connectivity index (χ2v) is 4.81. The summed E-state index contributed by atoms with van der Waals surface area (Å²) < 4.78 is 1.93. The maximum Gasteiger partial charge on any atom is 0.0731 e. The van der Waals surface area contributed by atoms with Gasteiger partial charge in [-0.15, -0.1) is 0 Å². The molecule has 18 heavy (non-hydrogen) atoms. The molecule has 3 nitrogen and oxygen atoms in total. The summed E-state index contributed by atoms with van der Waals surface area (Å²) in [6.45, 7) is 9.46. The van der Waals surface area contributed by atoms with E-state index in [-0.39, 0.29) is 0 Å². The third kappa shape index (κ3) is 2.73. The zero-order valence-corrected chi connectivity index (χ0v) is 11.6. The Balaban J connectivity index is 2.13. The Bertz CT molecular complexity index is 528. The monoisotopic (exact) mass is 243 g/mol. The molecule has 96 valence electrons. The topological polar surface area (TPSA) is 29.9 Å². The Labute approximate surface area is 109 Å². The Morgan fingerprint density at radius 2 is 2.11 bits per heavy atom. The molecule has 0 saturated heterocycles. The predicted molar refractivity (Wildman–Crippen MR) is 75.9 cm³/mol. The van der Waals surface area contributed by atoms with Crippen molar-refractivity contribution in [3.8, 4) is 0 Å². The van der Waals surface area contributed by atoms with Crippen LogP contribution in [0, 0.1) is 13.8 Å². The molecule has 0 bridgehead atoms. The quantitative estimate of drug-likeness (QED) is 0.887. The molecule has 0 aliphatic carbocycles. The highest BCUT2D eigenvalue weighted by Crippen LogP contribution is 2.22. The molecule has 0 radical (unpaired) electrons. The molecule has 0 amide bonds. The zero-order chi connectivity index (χ0) is 13.1. The second kappa shape index (κ2) is 5.25. The first-order valence-corrected chi connectivity index (χ1v) is 6.46. The number of hydrogen-bond acceptors (Lipinski definition) is 2. The number of hydrogen-bond donors (Lipinski definition) is 1. The van der Waals surface area contributed by atoms with Gasteiger partial charge in [0, 0.05) is 18.8 Å². The normalized spacial score (nSPS) is 12.4. The molecule has 1 N–H and O–H groups in total. The van der Waals surface area contributed by atoms with E-state index in [4.69, 9.17) is 0 Å². The van der Waals surface area contributed by atoms with E-state index in [9.17, 15) is 0 Å². The molecule has 0 fully saturated rings. The fourth-order valence-corrected chi connectivity index (χ4v) is 2.25. The van der Waals surface area contributed by atoms with E-state index in [1.54, 1.807) is 0 Å². The molecule has 1 unspecified atom stereocenters. The summed E-state index contributed by atoms with van der Waals surface area (Å²) in [6, 6.07) is 6.88. The molecule has 1 heterocycles. The van der Waals surface area contributed by atoms with Crippen LogP contribution in [0.5, 0.6) is 0 Å². The van der Waals surface area contributed by atoms with Crippen LogP contribution in [0.25, 0.3) is 0 Å². The van der Waals surface area contributed by atoms with Crippen molar-refractivity contribution in [3.63, 3.8) is 0 Å². The molecule has 3 heteroatoms. The van der Waals surface area contributed by atoms with Gasteiger partial charge in [0.2, 0.25) is 0 Å². The standard InChI is InChI=1S/C15H21N3/c1-5-18-10-14(9-16-18)17-13(4)15-7-6-11(2)8-12(15)3/h6-10,13,17H,5H2,1-4H3. The third-order valence-corrected chi connectivity index (χ3v) is 3.23. The van der Waals surface area contributed by atoms with Gasteiger partial charge in [-0.1, -0.05) is 23.8 Å². The highest BCUT2D eigenvalue weighted by molar-refractivity contribution is 5.43. The van der Waals surface area contributed by atoms with Crippen LogP contribution in [0.3, 0.4) is 0 Å². The highest BCUT2D eigenvalue weighted by Gasteiger charge is 2.09. The third-order valence-electron chi connectivity index (χ3n) is 3.23. The van der Waals surface area contributed by atoms with Gasteiger partial charge in [0.15, 0.2) is 0 Å². The van der Waals surface area contributed by atoms with E-state index in [2.05, 4.69) is 56.3 Å². The van der Waals surface area contributed by atoms with E-state index in [0.717, 1.165) is 12.2 Å². The fraction of sp³-hybridized carbons (Fsp3) is 0.400. The van der Waals surface area contributed by atoms with Crippen molar-refractivity contribution in [2.75, 3.05) is 5.32 Å². The largest absolute Gasteiger partial charge is 0.376 e. The van der Waals surface area contributed by atoms with Crippen LogP contribution in [0.1, 0.15) is 36.6 Å². The van der Waals surface area contributed by atoms with Gasteiger partial charge < -0.3 is 5.32 Å². The van der Waals surface area contributed by atoms with E-state index >= 15 is 0 Å². The number of anilines is 1. The number of rotatable bonds is 4. The van der Waals surface area contributed by atoms with Gasteiger partial charge in [-0.25, -0.2) is 0 Å². The molecular weight excluding hydrogens is 222 g/mol. The summed E-state index contributed by atoms with van der Waals surface area (Å²) in [7, 11) is 0. The number of aryl methyl sites for hydroxylation is 3. The Morgan fingerprint density at radius 1 is 1.33 bits per heavy atom. The predicted octanol–water partition coefficient (Wildman–Crippen LogP) is 3.69. The summed E-state index contributed by atoms with van der Waals surface area (Å²) in [5, 5.41) is 7.76. The summed E-state index contributed by atoms with van der Waals surface area (Å²) in [5.41, 5.74) is 5.05. The number of nitrogens with one attached hydrogen (secondary N) is 1. The molecule has 0 saturated carbocycles. The van der Waals surface area contributed by atoms with Crippen LogP contribution in [-0.2, 0) is 6.54 Å². The lowest BCUT2D eigenvalue weighted by molar-refractivity contribution is 0.660. The lowest BCUT2D eigenvalue weighted by Gasteiger charge is -2.17. The number of nitrogens with zero attached hydrogens (tertiary/aromatic N) is 2. The maximum absolute atomic E-state index is 4.27. The molecule has 1 aromatic carbocycles. The molecule has 1 atom stereocenters. The van der Waals surface area contributed by atoms with Crippen molar-refractivity contribution in [2.24, 2.45) is 0 Å². The smallest absolute Gasteiger partial charge is 0.0731 e. The average Bonchev–Trinajstić information content (AvgIpc) is 2.76. The molecule has 2 rings (SSSR count). The first-order valence-electron chi connectivity index (χ1n) is 6.46. The van der Waals surface area contributed by atoms with Crippen LogP contribution in [0.2, 0.25) is 0 Å². The first kappa shape index (κ1) is 12.7. The first-order chi connectivity index (χ1) is 8.60. The van der Waals surface area contributed by atoms with Crippen molar-refractivity contribution in [2.45, 2.75) is 40.3 Å². The summed E-state index contributed by atoms with van der Waals surface area (Å²) in [6.07, 6.45) is 3.92. The minimum absolute atomic E-state index is 0.292. The molecule has 1 aromatic heterocycles. The van der Waals surface area contributed by atoms with Gasteiger partial charge >= 0.3 is 0 Å². The van der Waals surface area contributed by atoms with Gasteiger partial charge in [-0.2, -0.15) is 5.10 Å². The Kier molecular flexibility index (Phi) is 3.70. The zero-order valence-electron chi connectivity index (χ0n) is 11.6. The van der Waals surface area contributed by atoms with Crippen molar-refractivity contribution < 1.29 is 0 Å². The maximum atomic E-state index is 4.27. The van der Waals surface area contributed by atoms with Gasteiger partial charge in [0.1, 0.15) is 0 Å². The molecular formula is C15H21N3. The average molecular weight is 243 g/mol. The van der Waals surface area contributed by atoms with E-state index in [0.29, 0.717) is 6.04 Å². The van der Waals surface area contributed by atoms with Crippen LogP contribution < -0.4 is 5.32 Å². The van der Waals surface area contributed by atoms with Crippen molar-refractivity contribution in [1.82, 2.24) is 9.78 Å². The van der Waals surface area contributed by atoms with Crippen LogP contribution in [-0.4, -0.2) is 9.78 Å². The minimum Gasteiger partial charge on any atom is -0.376 e. The SMILES string of the molecule is CCn1cc(NC(C)c2ccc(C)cc2C)cn1. The van der Waals surface area contributed by atoms with Gasteiger partial charge in [0.25, 0.3) is 0 Å². The van der Waals surface area contributed by atoms with Crippen LogP contribution in [0.4, 0.5) is 5.69 Å².